The molecular formula is C23H28N4O4Si. The lowest BCUT2D eigenvalue weighted by Crippen LogP contribution is -2.57. The third-order valence-corrected chi connectivity index (χ3v) is 7.40. The molecule has 0 spiro atoms. The molecule has 0 bridgehead atoms. The molecule has 0 aliphatic carbocycles. The van der Waals surface area contributed by atoms with Crippen LogP contribution in [-0.2, 0) is 4.79 Å². The predicted molar refractivity (Wildman–Crippen MR) is 125 cm³/mol. The van der Waals surface area contributed by atoms with Crippen LogP contribution in [0.3, 0.4) is 0 Å². The number of aliphatic hydroxyl groups excluding tert-OH is 1. The molecule has 1 fully saturated rings. The Hall–Kier alpha value is -3.35. The van der Waals surface area contributed by atoms with Crippen molar-refractivity contribution < 1.29 is 19.4 Å². The molecule has 0 aromatic heterocycles. The van der Waals surface area contributed by atoms with Crippen LogP contribution in [0.25, 0.3) is 0 Å². The van der Waals surface area contributed by atoms with Gasteiger partial charge in [0.1, 0.15) is 11.8 Å². The number of ether oxygens (including phenoxy) is 1. The number of nitriles is 1. The van der Waals surface area contributed by atoms with Crippen LogP contribution in [0.15, 0.2) is 42.5 Å². The lowest BCUT2D eigenvalue weighted by molar-refractivity contribution is -0.118. The number of hydrogen-bond donors (Lipinski definition) is 3. The quantitative estimate of drug-likeness (QED) is 0.581. The van der Waals surface area contributed by atoms with Gasteiger partial charge >= 0.3 is 6.03 Å². The Balaban J connectivity index is 1.84. The number of methoxy groups -OCH3 is 1. The van der Waals surface area contributed by atoms with E-state index in [0.29, 0.717) is 22.6 Å². The molecule has 168 valence electrons. The zero-order valence-corrected chi connectivity index (χ0v) is 19.7. The molecule has 1 heterocycles. The number of β-amino-alcohol motifs (C(OH)–C–C–N with tert-alkyl or cyclic N) is 1. The fourth-order valence-corrected chi connectivity index (χ4v) is 5.03. The molecule has 0 radical (unpaired) electrons. The van der Waals surface area contributed by atoms with Crippen LogP contribution in [0.1, 0.15) is 17.2 Å². The van der Waals surface area contributed by atoms with Gasteiger partial charge in [-0.15, -0.1) is 0 Å². The van der Waals surface area contributed by atoms with Crippen molar-refractivity contribution >= 4 is 30.9 Å². The normalized spacial score (nSPS) is 14.7. The molecule has 32 heavy (non-hydrogen) atoms. The van der Waals surface area contributed by atoms with Gasteiger partial charge in [0.2, 0.25) is 0 Å². The minimum atomic E-state index is -1.71. The summed E-state index contributed by atoms with van der Waals surface area (Å²) in [4.78, 5) is 27.2. The number of nitrogens with one attached hydrogen (secondary N) is 2. The summed E-state index contributed by atoms with van der Waals surface area (Å²) in [5.74, 6) is 0.194. The van der Waals surface area contributed by atoms with Crippen LogP contribution in [0.4, 0.5) is 10.5 Å². The van der Waals surface area contributed by atoms with Crippen LogP contribution < -0.4 is 20.6 Å². The van der Waals surface area contributed by atoms with E-state index >= 15 is 0 Å². The maximum absolute atomic E-state index is 13.2. The largest absolute Gasteiger partial charge is 0.497 e. The summed E-state index contributed by atoms with van der Waals surface area (Å²) >= 11 is 0. The van der Waals surface area contributed by atoms with Crippen molar-refractivity contribution in [3.63, 3.8) is 0 Å². The van der Waals surface area contributed by atoms with E-state index in [9.17, 15) is 20.0 Å². The summed E-state index contributed by atoms with van der Waals surface area (Å²) in [5, 5.41) is 25.6. The standard InChI is InChI=1S/C23H28N4O4Si/c1-31-19-8-5-15(6-9-19)21(26-23(30)27-13-18(28)14-27)22(29)25-17-7-10-20(32(2,3)4)16(11-17)12-24/h5-11,18,21,28H,13-14H2,1-4H3,(H,25,29)(H,26,30). The van der Waals surface area contributed by atoms with Gasteiger partial charge in [0.05, 0.1) is 46.0 Å². The van der Waals surface area contributed by atoms with Crippen LogP contribution >= 0.6 is 0 Å². The Morgan fingerprint density at radius 3 is 2.38 bits per heavy atom. The maximum Gasteiger partial charge on any atom is 0.318 e. The number of anilines is 1. The number of aliphatic hydroxyl groups is 1. The highest BCUT2D eigenvalue weighted by atomic mass is 28.3. The van der Waals surface area contributed by atoms with Gasteiger partial charge in [-0.2, -0.15) is 5.26 Å². The number of nitrogens with zero attached hydrogens (tertiary/aromatic N) is 2. The SMILES string of the molecule is COc1ccc(C(NC(=O)N2CC(O)C2)C(=O)Nc2ccc([Si](C)(C)C)c(C#N)c2)cc1. The van der Waals surface area contributed by atoms with Crippen molar-refractivity contribution in [3.8, 4) is 11.8 Å². The molecule has 3 rings (SSSR count). The second-order valence-corrected chi connectivity index (χ2v) is 13.9. The first-order valence-corrected chi connectivity index (χ1v) is 13.9. The van der Waals surface area contributed by atoms with E-state index in [1.54, 1.807) is 43.5 Å². The number of benzene rings is 2. The third-order valence-electron chi connectivity index (χ3n) is 5.34. The lowest BCUT2D eigenvalue weighted by Gasteiger charge is -2.36. The third kappa shape index (κ3) is 5.27. The van der Waals surface area contributed by atoms with Gasteiger partial charge in [0.15, 0.2) is 0 Å². The minimum absolute atomic E-state index is 0.229. The molecule has 1 aliphatic heterocycles. The molecule has 3 amide bonds. The fraction of sp³-hybridized carbons (Fsp3) is 0.348. The monoisotopic (exact) mass is 452 g/mol. The van der Waals surface area contributed by atoms with Crippen LogP contribution in [-0.4, -0.2) is 56.3 Å². The second-order valence-electron chi connectivity index (χ2n) is 8.83. The van der Waals surface area contributed by atoms with Gasteiger partial charge in [0.25, 0.3) is 5.91 Å². The smallest absolute Gasteiger partial charge is 0.318 e. The topological polar surface area (TPSA) is 115 Å². The van der Waals surface area contributed by atoms with E-state index in [2.05, 4.69) is 36.3 Å². The van der Waals surface area contributed by atoms with E-state index < -0.39 is 32.2 Å². The van der Waals surface area contributed by atoms with Gasteiger partial charge in [-0.05, 0) is 35.0 Å². The van der Waals surface area contributed by atoms with E-state index in [4.69, 9.17) is 4.74 Å². The van der Waals surface area contributed by atoms with Gasteiger partial charge in [-0.3, -0.25) is 4.79 Å². The Labute approximate surface area is 188 Å². The zero-order chi connectivity index (χ0) is 23.5. The second kappa shape index (κ2) is 9.42. The molecular weight excluding hydrogens is 424 g/mol. The number of likely N-dealkylation sites (tertiary alicyclic amines) is 1. The summed E-state index contributed by atoms with van der Waals surface area (Å²) in [5.41, 5.74) is 1.61. The first kappa shape index (κ1) is 23.3. The Morgan fingerprint density at radius 2 is 1.84 bits per heavy atom. The van der Waals surface area contributed by atoms with Crippen molar-refractivity contribution in [2.45, 2.75) is 31.8 Å². The zero-order valence-electron chi connectivity index (χ0n) is 18.7. The van der Waals surface area contributed by atoms with Crippen LogP contribution in [0.5, 0.6) is 5.75 Å². The molecule has 1 atom stereocenters. The van der Waals surface area contributed by atoms with Crippen LogP contribution in [0.2, 0.25) is 19.6 Å². The van der Waals surface area contributed by atoms with Crippen molar-refractivity contribution in [2.75, 3.05) is 25.5 Å². The molecule has 8 nitrogen and oxygen atoms in total. The number of hydrogen-bond acceptors (Lipinski definition) is 5. The number of urea groups is 1. The van der Waals surface area contributed by atoms with Crippen molar-refractivity contribution in [2.24, 2.45) is 0 Å². The average Bonchev–Trinajstić information content (AvgIpc) is 2.74. The highest BCUT2D eigenvalue weighted by Crippen LogP contribution is 2.21. The van der Waals surface area contributed by atoms with Crippen molar-refractivity contribution in [1.82, 2.24) is 10.2 Å². The summed E-state index contributed by atoms with van der Waals surface area (Å²) < 4.78 is 5.18. The maximum atomic E-state index is 13.2. The Morgan fingerprint density at radius 1 is 1.19 bits per heavy atom. The highest BCUT2D eigenvalue weighted by Gasteiger charge is 2.32. The minimum Gasteiger partial charge on any atom is -0.497 e. The summed E-state index contributed by atoms with van der Waals surface area (Å²) in [7, 11) is -0.165. The number of amides is 3. The summed E-state index contributed by atoms with van der Waals surface area (Å²) in [6.45, 7) is 6.93. The van der Waals surface area contributed by atoms with E-state index in [1.807, 2.05) is 6.07 Å². The summed E-state index contributed by atoms with van der Waals surface area (Å²) in [6.07, 6.45) is -0.539. The highest BCUT2D eigenvalue weighted by molar-refractivity contribution is 6.89. The van der Waals surface area contributed by atoms with E-state index in [-0.39, 0.29) is 13.1 Å². The van der Waals surface area contributed by atoms with Crippen molar-refractivity contribution in [3.05, 3.63) is 53.6 Å². The first-order chi connectivity index (χ1) is 15.1. The average molecular weight is 453 g/mol. The molecule has 1 aliphatic rings. The van der Waals surface area contributed by atoms with E-state index in [1.165, 1.54) is 4.90 Å². The fourth-order valence-electron chi connectivity index (χ4n) is 3.52. The predicted octanol–water partition coefficient (Wildman–Crippen LogP) is 2.18. The van der Waals surface area contributed by atoms with Gasteiger partial charge < -0.3 is 25.4 Å². The van der Waals surface area contributed by atoms with E-state index in [0.717, 1.165) is 5.19 Å². The number of carbonyl (C=O) groups excluding carboxylic acids is 2. The molecule has 3 N–H and O–H groups in total. The molecule has 2 aromatic rings. The molecule has 2 aromatic carbocycles. The van der Waals surface area contributed by atoms with Crippen molar-refractivity contribution in [1.29, 1.82) is 5.26 Å². The summed E-state index contributed by atoms with van der Waals surface area (Å²) in [6, 6.07) is 13.0. The van der Waals surface area contributed by atoms with Gasteiger partial charge in [-0.1, -0.05) is 37.8 Å². The first-order valence-electron chi connectivity index (χ1n) is 10.4. The van der Waals surface area contributed by atoms with Crippen LogP contribution in [0, 0.1) is 11.3 Å². The Bertz CT molecular complexity index is 1040. The Kier molecular flexibility index (Phi) is 6.86. The number of rotatable bonds is 6. The van der Waals surface area contributed by atoms with Gasteiger partial charge in [0, 0.05) is 5.69 Å². The molecule has 9 heteroatoms. The molecule has 1 unspecified atom stereocenters. The molecule has 1 saturated heterocycles. The molecule has 0 saturated carbocycles. The number of carbonyl (C=O) groups is 2. The lowest BCUT2D eigenvalue weighted by atomic mass is 10.1. The van der Waals surface area contributed by atoms with Gasteiger partial charge in [-0.25, -0.2) is 4.79 Å².